The van der Waals surface area contributed by atoms with Crippen LogP contribution >= 0.6 is 0 Å². The topological polar surface area (TPSA) is 144 Å². The Labute approximate surface area is 187 Å². The van der Waals surface area contributed by atoms with Crippen LogP contribution < -0.4 is 14.3 Å². The highest BCUT2D eigenvalue weighted by Crippen LogP contribution is 2.44. The number of aromatic hydroxyl groups is 3. The maximum Gasteiger partial charge on any atom is 0.339 e. The zero-order valence-electron chi connectivity index (χ0n) is 17.4. The van der Waals surface area contributed by atoms with Gasteiger partial charge in [-0.05, 0) is 43.3 Å². The summed E-state index contributed by atoms with van der Waals surface area (Å²) in [4.78, 5) is 12.6. The van der Waals surface area contributed by atoms with E-state index in [1.54, 1.807) is 31.2 Å². The van der Waals surface area contributed by atoms with E-state index in [4.69, 9.17) is 13.3 Å². The number of hydrogen-bond donors (Lipinski definition) is 3. The van der Waals surface area contributed by atoms with Gasteiger partial charge in [0.15, 0.2) is 17.3 Å². The summed E-state index contributed by atoms with van der Waals surface area (Å²) in [7, 11) is -2.97. The van der Waals surface area contributed by atoms with E-state index < -0.39 is 43.9 Å². The van der Waals surface area contributed by atoms with Crippen molar-refractivity contribution in [2.24, 2.45) is 0 Å². The molecule has 9 nitrogen and oxygen atoms in total. The first-order valence-corrected chi connectivity index (χ1v) is 10.9. The smallest absolute Gasteiger partial charge is 0.339 e. The molecule has 0 spiro atoms. The number of benzene rings is 3. The van der Waals surface area contributed by atoms with Gasteiger partial charge >= 0.3 is 10.1 Å². The number of hydrogen-bond acceptors (Lipinski definition) is 9. The third-order valence-corrected chi connectivity index (χ3v) is 6.16. The molecular weight excluding hydrogens is 452 g/mol. The van der Waals surface area contributed by atoms with Crippen LogP contribution in [0, 0.1) is 6.92 Å². The molecule has 33 heavy (non-hydrogen) atoms. The lowest BCUT2D eigenvalue weighted by Gasteiger charge is -2.13. The van der Waals surface area contributed by atoms with Crippen molar-refractivity contribution in [3.05, 3.63) is 70.4 Å². The fourth-order valence-corrected chi connectivity index (χ4v) is 4.13. The number of ether oxygens (including phenoxy) is 1. The molecular formula is C23H18O9S. The Kier molecular flexibility index (Phi) is 5.38. The number of phenolic OH excluding ortho intramolecular Hbond substituents is 2. The molecule has 10 heteroatoms. The molecule has 170 valence electrons. The zero-order chi connectivity index (χ0) is 23.9. The van der Waals surface area contributed by atoms with Gasteiger partial charge in [-0.1, -0.05) is 17.7 Å². The highest BCUT2D eigenvalue weighted by atomic mass is 32.2. The number of phenols is 2. The van der Waals surface area contributed by atoms with E-state index in [0.29, 0.717) is 11.3 Å². The summed E-state index contributed by atoms with van der Waals surface area (Å²) < 4.78 is 40.7. The fourth-order valence-electron chi connectivity index (χ4n) is 3.18. The minimum Gasteiger partial charge on any atom is -0.504 e. The van der Waals surface area contributed by atoms with Gasteiger partial charge in [-0.3, -0.25) is 4.79 Å². The van der Waals surface area contributed by atoms with Crippen LogP contribution in [0.4, 0.5) is 0 Å². The Balaban J connectivity index is 1.85. The number of aryl methyl sites for hydroxylation is 1. The van der Waals surface area contributed by atoms with Gasteiger partial charge in [0.25, 0.3) is 0 Å². The van der Waals surface area contributed by atoms with Crippen LogP contribution in [0.1, 0.15) is 5.56 Å². The van der Waals surface area contributed by atoms with E-state index in [1.807, 2.05) is 0 Å². The average Bonchev–Trinajstić information content (AvgIpc) is 2.79. The summed E-state index contributed by atoms with van der Waals surface area (Å²) in [6.45, 7) is 1.77. The quantitative estimate of drug-likeness (QED) is 0.372. The monoisotopic (exact) mass is 470 g/mol. The molecule has 3 N–H and O–H groups in total. The number of rotatable bonds is 5. The molecule has 1 heterocycles. The van der Waals surface area contributed by atoms with Gasteiger partial charge in [-0.25, -0.2) is 0 Å². The van der Waals surface area contributed by atoms with Crippen LogP contribution in [0.15, 0.2) is 68.7 Å². The third-order valence-electron chi connectivity index (χ3n) is 4.92. The Bertz CT molecular complexity index is 1520. The predicted octanol–water partition coefficient (Wildman–Crippen LogP) is 3.66. The summed E-state index contributed by atoms with van der Waals surface area (Å²) in [5.41, 5.74) is -0.199. The van der Waals surface area contributed by atoms with Crippen molar-refractivity contribution in [2.75, 3.05) is 7.11 Å². The molecule has 4 aromatic rings. The molecule has 0 atom stereocenters. The summed E-state index contributed by atoms with van der Waals surface area (Å²) in [5.74, 6) is -3.15. The molecule has 0 unspecified atom stereocenters. The van der Waals surface area contributed by atoms with Crippen LogP contribution in [0.5, 0.6) is 28.7 Å². The zero-order valence-corrected chi connectivity index (χ0v) is 18.2. The SMILES string of the molecule is COc1ccc(-c2oc3cc(O)c(OS(=O)(=O)c4ccc(C)cc4)c(O)c3c(=O)c2O)cc1. The molecule has 0 bridgehead atoms. The van der Waals surface area contributed by atoms with Crippen LogP contribution in [0.25, 0.3) is 22.3 Å². The second-order valence-electron chi connectivity index (χ2n) is 7.13. The molecule has 0 amide bonds. The van der Waals surface area contributed by atoms with Crippen LogP contribution in [0.2, 0.25) is 0 Å². The van der Waals surface area contributed by atoms with E-state index in [0.717, 1.165) is 11.6 Å². The molecule has 0 aliphatic rings. The first-order valence-electron chi connectivity index (χ1n) is 9.52. The maximum absolute atomic E-state index is 12.8. The van der Waals surface area contributed by atoms with Crippen LogP contribution in [-0.2, 0) is 10.1 Å². The molecule has 4 rings (SSSR count). The second kappa shape index (κ2) is 8.06. The Morgan fingerprint density at radius 1 is 0.909 bits per heavy atom. The lowest BCUT2D eigenvalue weighted by molar-refractivity contribution is 0.395. The van der Waals surface area contributed by atoms with E-state index in [-0.39, 0.29) is 16.2 Å². The molecule has 0 aliphatic heterocycles. The van der Waals surface area contributed by atoms with Crippen molar-refractivity contribution < 1.29 is 37.1 Å². The lowest BCUT2D eigenvalue weighted by Crippen LogP contribution is -2.11. The molecule has 0 fully saturated rings. The highest BCUT2D eigenvalue weighted by molar-refractivity contribution is 7.87. The van der Waals surface area contributed by atoms with Crippen LogP contribution in [-0.4, -0.2) is 30.8 Å². The summed E-state index contributed by atoms with van der Waals surface area (Å²) in [6, 6.07) is 12.8. The number of methoxy groups -OCH3 is 1. The first-order chi connectivity index (χ1) is 15.6. The van der Waals surface area contributed by atoms with E-state index in [2.05, 4.69) is 0 Å². The van der Waals surface area contributed by atoms with E-state index >= 15 is 0 Å². The molecule has 0 aliphatic carbocycles. The van der Waals surface area contributed by atoms with Gasteiger partial charge in [0, 0.05) is 11.6 Å². The van der Waals surface area contributed by atoms with E-state index in [9.17, 15) is 28.5 Å². The van der Waals surface area contributed by atoms with Gasteiger partial charge in [0.2, 0.25) is 16.9 Å². The van der Waals surface area contributed by atoms with Gasteiger partial charge < -0.3 is 28.7 Å². The molecule has 0 radical (unpaired) electrons. The predicted molar refractivity (Wildman–Crippen MR) is 118 cm³/mol. The Morgan fingerprint density at radius 3 is 2.15 bits per heavy atom. The lowest BCUT2D eigenvalue weighted by atomic mass is 10.1. The van der Waals surface area contributed by atoms with E-state index in [1.165, 1.54) is 31.4 Å². The standard InChI is InChI=1S/C23H18O9S/c1-12-3-9-15(10-4-12)33(28,29)32-23-16(24)11-17-18(20(23)26)19(25)21(27)22(31-17)13-5-7-14(30-2)8-6-13/h3-11,24,26-27H,1-2H3. The average molecular weight is 470 g/mol. The minimum atomic E-state index is -4.45. The van der Waals surface area contributed by atoms with Gasteiger partial charge in [-0.15, -0.1) is 0 Å². The van der Waals surface area contributed by atoms with Gasteiger partial charge in [0.1, 0.15) is 21.6 Å². The Morgan fingerprint density at radius 2 is 1.55 bits per heavy atom. The first kappa shape index (κ1) is 22.0. The van der Waals surface area contributed by atoms with Crippen molar-refractivity contribution in [3.63, 3.8) is 0 Å². The van der Waals surface area contributed by atoms with Gasteiger partial charge in [0.05, 0.1) is 7.11 Å². The van der Waals surface area contributed by atoms with Crippen molar-refractivity contribution in [1.29, 1.82) is 0 Å². The summed E-state index contributed by atoms with van der Waals surface area (Å²) in [6.07, 6.45) is 0. The van der Waals surface area contributed by atoms with Crippen molar-refractivity contribution in [2.45, 2.75) is 11.8 Å². The highest BCUT2D eigenvalue weighted by Gasteiger charge is 2.27. The molecule has 1 aromatic heterocycles. The van der Waals surface area contributed by atoms with Crippen molar-refractivity contribution >= 4 is 21.1 Å². The molecule has 0 saturated carbocycles. The molecule has 3 aromatic carbocycles. The fraction of sp³-hybridized carbons (Fsp3) is 0.0870. The normalized spacial score (nSPS) is 11.5. The largest absolute Gasteiger partial charge is 0.504 e. The van der Waals surface area contributed by atoms with Crippen LogP contribution in [0.3, 0.4) is 0 Å². The van der Waals surface area contributed by atoms with Crippen molar-refractivity contribution in [3.8, 4) is 40.1 Å². The molecule has 0 saturated heterocycles. The summed E-state index contributed by atoms with van der Waals surface area (Å²) in [5, 5.41) is 30.8. The second-order valence-corrected chi connectivity index (χ2v) is 8.68. The minimum absolute atomic E-state index is 0.213. The number of fused-ring (bicyclic) bond motifs is 1. The third kappa shape index (κ3) is 3.92. The summed E-state index contributed by atoms with van der Waals surface area (Å²) >= 11 is 0. The Hall–Kier alpha value is -4.18. The maximum atomic E-state index is 12.8. The van der Waals surface area contributed by atoms with Crippen molar-refractivity contribution in [1.82, 2.24) is 0 Å². The van der Waals surface area contributed by atoms with Gasteiger partial charge in [-0.2, -0.15) is 8.42 Å².